The highest BCUT2D eigenvalue weighted by molar-refractivity contribution is 7.10. The molecule has 0 spiro atoms. The van der Waals surface area contributed by atoms with Crippen LogP contribution in [0.3, 0.4) is 0 Å². The van der Waals surface area contributed by atoms with E-state index in [1.807, 2.05) is 18.5 Å². The van der Waals surface area contributed by atoms with E-state index in [2.05, 4.69) is 84.0 Å². The number of likely N-dealkylation sites (N-methyl/N-ethyl adjacent to an activating group) is 1. The monoisotopic (exact) mass is 810 g/mol. The third-order valence-corrected chi connectivity index (χ3v) is 13.4. The van der Waals surface area contributed by atoms with Crippen molar-refractivity contribution in [1.82, 2.24) is 35.0 Å². The van der Waals surface area contributed by atoms with Gasteiger partial charge in [-0.15, -0.1) is 11.3 Å². The first kappa shape index (κ1) is 40.4. The summed E-state index contributed by atoms with van der Waals surface area (Å²) < 4.78 is 14.5. The fraction of sp³-hybridized carbons (Fsp3) is 0.568. The number of carbonyl (C=O) groups excluding carboxylic acids is 3. The third-order valence-electron chi connectivity index (χ3n) is 12.6. The molecule has 58 heavy (non-hydrogen) atoms. The number of piperazine rings is 2. The maximum atomic E-state index is 14.2. The predicted octanol–water partition coefficient (Wildman–Crippen LogP) is 4.92. The van der Waals surface area contributed by atoms with Crippen LogP contribution in [0.15, 0.2) is 35.8 Å². The number of carbonyl (C=O) groups is 3. The molecule has 5 atom stereocenters. The molecule has 3 aliphatic heterocycles. The summed E-state index contributed by atoms with van der Waals surface area (Å²) in [7, 11) is 3.89. The zero-order chi connectivity index (χ0) is 40.9. The number of hydrogen-bond acceptors (Lipinski definition) is 11. The van der Waals surface area contributed by atoms with Gasteiger partial charge in [-0.25, -0.2) is 4.98 Å². The van der Waals surface area contributed by atoms with Crippen LogP contribution in [0, 0.1) is 17.3 Å². The summed E-state index contributed by atoms with van der Waals surface area (Å²) in [5.74, 6) is -0.464. The molecule has 3 aromatic heterocycles. The molecule has 2 amide bonds. The molecule has 2 N–H and O–H groups in total. The summed E-state index contributed by atoms with van der Waals surface area (Å²) in [6.45, 7) is 16.3. The lowest BCUT2D eigenvalue weighted by atomic mass is 9.84. The Labute approximate surface area is 345 Å². The number of anilines is 1. The molecule has 8 rings (SSSR count). The molecule has 6 bridgehead atoms. The van der Waals surface area contributed by atoms with Gasteiger partial charge in [-0.3, -0.25) is 19.4 Å². The quantitative estimate of drug-likeness (QED) is 0.248. The molecule has 0 unspecified atom stereocenters. The van der Waals surface area contributed by atoms with Crippen molar-refractivity contribution in [1.29, 1.82) is 0 Å². The average Bonchev–Trinajstić information content (AvgIpc) is 3.65. The lowest BCUT2D eigenvalue weighted by molar-refractivity contribution is -0.152. The van der Waals surface area contributed by atoms with Crippen molar-refractivity contribution in [3.05, 3.63) is 52.1 Å². The molecular weight excluding hydrogens is 753 g/mol. The molecule has 3 fully saturated rings. The molecule has 1 aromatic carbocycles. The third kappa shape index (κ3) is 8.12. The fourth-order valence-corrected chi connectivity index (χ4v) is 9.68. The molecule has 13 nitrogen and oxygen atoms in total. The first-order valence-electron chi connectivity index (χ1n) is 20.9. The number of hydrogen-bond donors (Lipinski definition) is 2. The highest BCUT2D eigenvalue weighted by Gasteiger charge is 2.42. The van der Waals surface area contributed by atoms with Crippen molar-refractivity contribution in [2.24, 2.45) is 17.3 Å². The van der Waals surface area contributed by atoms with Crippen LogP contribution in [0.1, 0.15) is 63.4 Å². The van der Waals surface area contributed by atoms with Crippen LogP contribution in [-0.2, 0) is 43.2 Å². The fourth-order valence-electron chi connectivity index (χ4n) is 8.83. The molecule has 0 radical (unpaired) electrons. The Kier molecular flexibility index (Phi) is 11.4. The average molecular weight is 811 g/mol. The highest BCUT2D eigenvalue weighted by Crippen LogP contribution is 2.43. The van der Waals surface area contributed by atoms with Crippen molar-refractivity contribution >= 4 is 45.7 Å². The molecule has 6 heterocycles. The minimum Gasteiger partial charge on any atom is -0.464 e. The van der Waals surface area contributed by atoms with Crippen LogP contribution in [0.25, 0.3) is 33.4 Å². The summed E-state index contributed by atoms with van der Waals surface area (Å²) in [6.07, 6.45) is 3.45. The molecule has 14 heteroatoms. The maximum absolute atomic E-state index is 14.2. The smallest absolute Gasteiger partial charge is 0.325 e. The Hall–Kier alpha value is -4.37. The molecule has 4 aromatic rings. The van der Waals surface area contributed by atoms with Gasteiger partial charge >= 0.3 is 5.97 Å². The first-order valence-corrected chi connectivity index (χ1v) is 21.8. The Morgan fingerprint density at radius 1 is 1.14 bits per heavy atom. The molecule has 310 valence electrons. The molecule has 2 saturated heterocycles. The van der Waals surface area contributed by atoms with Crippen LogP contribution in [0.2, 0.25) is 0 Å². The number of thiazole rings is 1. The SMILES string of the molecule is CCn1c(-c2cc(N3CCN(C)CC3)cnc2[C@H](C)OC)c2c3cc(ccc31)-c1csc(n1)C[C@H](NC(=O)[C@H]1C[C@@H]1C)C(=O)N1CCN[C@H](C1)C(=O)OCC(C)(C)C2. The number of benzene rings is 1. The molecule has 1 saturated carbocycles. The number of amides is 2. The van der Waals surface area contributed by atoms with Crippen LogP contribution < -0.4 is 15.5 Å². The summed E-state index contributed by atoms with van der Waals surface area (Å²) in [4.78, 5) is 57.9. The number of nitrogens with one attached hydrogen (secondary N) is 2. The van der Waals surface area contributed by atoms with E-state index in [-0.39, 0.29) is 49.4 Å². The van der Waals surface area contributed by atoms with Gasteiger partial charge in [0.1, 0.15) is 12.1 Å². The van der Waals surface area contributed by atoms with Crippen LogP contribution in [-0.4, -0.2) is 121 Å². The number of nitrogens with zero attached hydrogens (tertiary/aromatic N) is 6. The minimum absolute atomic E-state index is 0.0816. The van der Waals surface area contributed by atoms with E-state index in [0.717, 1.165) is 94.5 Å². The summed E-state index contributed by atoms with van der Waals surface area (Å²) in [5.41, 5.74) is 7.69. The van der Waals surface area contributed by atoms with E-state index >= 15 is 0 Å². The number of cyclic esters (lactones) is 1. The van der Waals surface area contributed by atoms with Gasteiger partial charge in [-0.2, -0.15) is 0 Å². The Morgan fingerprint density at radius 3 is 2.64 bits per heavy atom. The number of rotatable bonds is 7. The van der Waals surface area contributed by atoms with Crippen LogP contribution in [0.5, 0.6) is 0 Å². The summed E-state index contributed by atoms with van der Waals surface area (Å²) >= 11 is 1.50. The second kappa shape index (κ2) is 16.4. The number of ether oxygens (including phenoxy) is 2. The Morgan fingerprint density at radius 2 is 1.91 bits per heavy atom. The van der Waals surface area contributed by atoms with Gasteiger partial charge < -0.3 is 39.4 Å². The van der Waals surface area contributed by atoms with E-state index in [9.17, 15) is 14.4 Å². The number of aromatic nitrogens is 3. The van der Waals surface area contributed by atoms with E-state index in [1.54, 1.807) is 12.0 Å². The molecule has 4 aliphatic rings. The second-order valence-electron chi connectivity index (χ2n) is 17.5. The van der Waals surface area contributed by atoms with E-state index in [0.29, 0.717) is 25.4 Å². The predicted molar refractivity (Wildman–Crippen MR) is 227 cm³/mol. The largest absolute Gasteiger partial charge is 0.464 e. The minimum atomic E-state index is -0.791. The summed E-state index contributed by atoms with van der Waals surface area (Å²) in [6, 6.07) is 7.38. The number of methoxy groups -OCH3 is 1. The maximum Gasteiger partial charge on any atom is 0.325 e. The van der Waals surface area contributed by atoms with Crippen molar-refractivity contribution < 1.29 is 23.9 Å². The van der Waals surface area contributed by atoms with Crippen LogP contribution in [0.4, 0.5) is 5.69 Å². The van der Waals surface area contributed by atoms with E-state index < -0.39 is 17.5 Å². The van der Waals surface area contributed by atoms with Crippen molar-refractivity contribution in [3.8, 4) is 22.5 Å². The number of esters is 1. The molecule has 1 aliphatic carbocycles. The van der Waals surface area contributed by atoms with Crippen molar-refractivity contribution in [2.75, 3.05) is 71.5 Å². The Balaban J connectivity index is 1.26. The topological polar surface area (TPSA) is 134 Å². The lowest BCUT2D eigenvalue weighted by Crippen LogP contribution is -2.60. The van der Waals surface area contributed by atoms with Gasteiger partial charge in [-0.1, -0.05) is 26.8 Å². The second-order valence-corrected chi connectivity index (χ2v) is 18.5. The van der Waals surface area contributed by atoms with Crippen molar-refractivity contribution in [3.63, 3.8) is 0 Å². The highest BCUT2D eigenvalue weighted by atomic mass is 32.1. The Bertz CT molecular complexity index is 2190. The zero-order valence-corrected chi connectivity index (χ0v) is 35.8. The van der Waals surface area contributed by atoms with Gasteiger partial charge in [0.2, 0.25) is 11.8 Å². The van der Waals surface area contributed by atoms with Crippen molar-refractivity contribution in [2.45, 2.75) is 78.6 Å². The summed E-state index contributed by atoms with van der Waals surface area (Å²) in [5, 5.41) is 10.3. The van der Waals surface area contributed by atoms with Gasteiger partial charge in [0, 0.05) is 105 Å². The molecular formula is C44H58N8O5S. The van der Waals surface area contributed by atoms with Gasteiger partial charge in [0.25, 0.3) is 0 Å². The number of fused-ring (bicyclic) bond motifs is 6. The lowest BCUT2D eigenvalue weighted by Gasteiger charge is -2.35. The standard InChI is InChI=1S/C44H58N8O5S/c1-8-52-37-10-9-28-18-31(37)33(40(52)32-19-29(22-46-39(32)27(3)56-7)50-15-13-49(6)14-16-50)21-44(4,5)25-57-43(55)35-23-51(12-11-45-35)42(54)34(20-38-47-36(28)24-58-38)48-41(53)30-17-26(30)2/h9-10,18-19,22,24,26-27,30,34-35,45H,8,11-17,20-21,23,25H2,1-7H3,(H,48,53)/t26-,27-,30-,34-,35+/m0/s1. The van der Waals surface area contributed by atoms with Gasteiger partial charge in [0.05, 0.1) is 46.7 Å². The first-order chi connectivity index (χ1) is 27.8. The normalized spacial score (nSPS) is 24.7. The van der Waals surface area contributed by atoms with E-state index in [1.165, 1.54) is 11.3 Å². The van der Waals surface area contributed by atoms with Gasteiger partial charge in [-0.05, 0) is 63.4 Å². The number of aryl methyl sites for hydroxylation is 1. The zero-order valence-electron chi connectivity index (χ0n) is 35.0. The van der Waals surface area contributed by atoms with Crippen LogP contribution >= 0.6 is 11.3 Å². The van der Waals surface area contributed by atoms with Gasteiger partial charge in [0.15, 0.2) is 0 Å². The number of pyridine rings is 1. The van der Waals surface area contributed by atoms with E-state index in [4.69, 9.17) is 19.4 Å².